The first-order valence-electron chi connectivity index (χ1n) is 11.9. The molecule has 0 unspecified atom stereocenters. The van der Waals surface area contributed by atoms with Crippen molar-refractivity contribution in [1.82, 2.24) is 4.90 Å². The van der Waals surface area contributed by atoms with Gasteiger partial charge in [0.1, 0.15) is 0 Å². The van der Waals surface area contributed by atoms with Gasteiger partial charge in [0.25, 0.3) is 11.8 Å². The monoisotopic (exact) mass is 491 g/mol. The lowest BCUT2D eigenvalue weighted by atomic mass is 10.00. The van der Waals surface area contributed by atoms with Gasteiger partial charge in [0, 0.05) is 29.2 Å². The van der Waals surface area contributed by atoms with Crippen LogP contribution in [0, 0.1) is 0 Å². The summed E-state index contributed by atoms with van der Waals surface area (Å²) >= 11 is 6.32. The summed E-state index contributed by atoms with van der Waals surface area (Å²) in [6, 6.07) is 30.9. The first kappa shape index (κ1) is 22.3. The van der Waals surface area contributed by atoms with Crippen LogP contribution < -0.4 is 4.90 Å². The average molecular weight is 492 g/mol. The minimum Gasteiger partial charge on any atom is -0.339 e. The minimum absolute atomic E-state index is 0.223. The van der Waals surface area contributed by atoms with Gasteiger partial charge in [-0.15, -0.1) is 0 Å². The van der Waals surface area contributed by atoms with E-state index < -0.39 is 0 Å². The van der Waals surface area contributed by atoms with Crippen LogP contribution in [0.5, 0.6) is 0 Å². The SMILES string of the molecule is O=C1c2ccccc2C(=O)N1CCCN1c2ccccc2N=C(c2cccc(Cl)c2)c2ccccc21. The Morgan fingerprint density at radius 3 is 1.97 bits per heavy atom. The number of hydrogen-bond donors (Lipinski definition) is 0. The third kappa shape index (κ3) is 3.78. The van der Waals surface area contributed by atoms with Gasteiger partial charge in [-0.05, 0) is 48.9 Å². The molecule has 4 aromatic carbocycles. The largest absolute Gasteiger partial charge is 0.339 e. The Morgan fingerprint density at radius 1 is 0.639 bits per heavy atom. The van der Waals surface area contributed by atoms with E-state index in [2.05, 4.69) is 23.1 Å². The Bertz CT molecular complexity index is 1510. The maximum atomic E-state index is 12.8. The van der Waals surface area contributed by atoms with E-state index >= 15 is 0 Å². The maximum Gasteiger partial charge on any atom is 0.261 e. The molecule has 0 radical (unpaired) electrons. The molecule has 176 valence electrons. The van der Waals surface area contributed by atoms with E-state index in [4.69, 9.17) is 16.6 Å². The van der Waals surface area contributed by atoms with E-state index in [9.17, 15) is 9.59 Å². The van der Waals surface area contributed by atoms with Gasteiger partial charge in [0.05, 0.1) is 33.9 Å². The zero-order valence-corrected chi connectivity index (χ0v) is 20.2. The number of carbonyl (C=O) groups excluding carboxylic acids is 2. The van der Waals surface area contributed by atoms with E-state index in [1.165, 1.54) is 4.90 Å². The average Bonchev–Trinajstić information content (AvgIpc) is 3.06. The van der Waals surface area contributed by atoms with Crippen LogP contribution in [0.2, 0.25) is 5.02 Å². The number of aliphatic imine (C=N–C) groups is 1. The fourth-order valence-electron chi connectivity index (χ4n) is 4.93. The summed E-state index contributed by atoms with van der Waals surface area (Å²) in [5.41, 5.74) is 6.59. The van der Waals surface area contributed by atoms with Gasteiger partial charge < -0.3 is 4.90 Å². The fourth-order valence-corrected chi connectivity index (χ4v) is 5.12. The normalized spacial score (nSPS) is 14.2. The van der Waals surface area contributed by atoms with Crippen molar-refractivity contribution in [2.75, 3.05) is 18.0 Å². The molecule has 2 aliphatic rings. The molecule has 6 heteroatoms. The van der Waals surface area contributed by atoms with Gasteiger partial charge in [-0.3, -0.25) is 14.5 Å². The maximum absolute atomic E-state index is 12.8. The molecule has 6 rings (SSSR count). The molecule has 0 saturated heterocycles. The number of nitrogens with zero attached hydrogens (tertiary/aromatic N) is 3. The third-order valence-corrected chi connectivity index (χ3v) is 6.83. The van der Waals surface area contributed by atoms with Crippen LogP contribution in [-0.4, -0.2) is 35.5 Å². The Kier molecular flexibility index (Phi) is 5.62. The van der Waals surface area contributed by atoms with Crippen molar-refractivity contribution in [2.24, 2.45) is 4.99 Å². The quantitative estimate of drug-likeness (QED) is 0.294. The molecule has 0 N–H and O–H groups in total. The van der Waals surface area contributed by atoms with E-state index in [1.807, 2.05) is 54.6 Å². The molecule has 0 aromatic heterocycles. The van der Waals surface area contributed by atoms with Crippen LogP contribution in [0.3, 0.4) is 0 Å². The lowest BCUT2D eigenvalue weighted by Gasteiger charge is -2.27. The highest BCUT2D eigenvalue weighted by atomic mass is 35.5. The van der Waals surface area contributed by atoms with Crippen LogP contribution in [0.4, 0.5) is 17.1 Å². The lowest BCUT2D eigenvalue weighted by Crippen LogP contribution is -2.33. The number of para-hydroxylation sites is 3. The van der Waals surface area contributed by atoms with E-state index in [-0.39, 0.29) is 11.8 Å². The molecule has 36 heavy (non-hydrogen) atoms. The molecule has 5 nitrogen and oxygen atoms in total. The Morgan fingerprint density at radius 2 is 1.25 bits per heavy atom. The highest BCUT2D eigenvalue weighted by Crippen LogP contribution is 2.40. The second kappa shape index (κ2) is 9.10. The molecule has 2 aliphatic heterocycles. The standard InChI is InChI=1S/C30H22ClN3O2/c31-21-10-7-9-20(19-21)28-24-13-3-5-15-26(24)33(27-16-6-4-14-25(27)32-28)17-8-18-34-29(35)22-11-1-2-12-23(22)30(34)36/h1-7,9-16,19H,8,17-18H2. The number of imide groups is 1. The predicted octanol–water partition coefficient (Wildman–Crippen LogP) is 6.65. The Labute approximate surface area is 214 Å². The summed E-state index contributed by atoms with van der Waals surface area (Å²) in [5, 5.41) is 0.656. The van der Waals surface area contributed by atoms with Crippen molar-refractivity contribution in [2.45, 2.75) is 6.42 Å². The number of anilines is 2. The molecule has 0 aliphatic carbocycles. The second-order valence-corrected chi connectivity index (χ2v) is 9.23. The highest BCUT2D eigenvalue weighted by molar-refractivity contribution is 6.31. The van der Waals surface area contributed by atoms with E-state index in [0.717, 1.165) is 33.9 Å². The van der Waals surface area contributed by atoms with Gasteiger partial charge >= 0.3 is 0 Å². The lowest BCUT2D eigenvalue weighted by molar-refractivity contribution is 0.0653. The number of rotatable bonds is 5. The summed E-state index contributed by atoms with van der Waals surface area (Å²) in [4.78, 5) is 34.3. The minimum atomic E-state index is -0.223. The van der Waals surface area contributed by atoms with Gasteiger partial charge in [-0.1, -0.05) is 66.2 Å². The summed E-state index contributed by atoms with van der Waals surface area (Å²) in [6.45, 7) is 0.953. The molecule has 2 amide bonds. The molecular weight excluding hydrogens is 470 g/mol. The van der Waals surface area contributed by atoms with E-state index in [1.54, 1.807) is 24.3 Å². The fraction of sp³-hybridized carbons (Fsp3) is 0.100. The van der Waals surface area contributed by atoms with Gasteiger partial charge in [0.15, 0.2) is 0 Å². The van der Waals surface area contributed by atoms with Crippen LogP contribution in [0.1, 0.15) is 38.3 Å². The number of benzene rings is 4. The number of halogens is 1. The van der Waals surface area contributed by atoms with Crippen LogP contribution in [0.25, 0.3) is 0 Å². The Hall–Kier alpha value is -4.22. The number of amides is 2. The topological polar surface area (TPSA) is 53.0 Å². The third-order valence-electron chi connectivity index (χ3n) is 6.59. The van der Waals surface area contributed by atoms with Crippen molar-refractivity contribution >= 4 is 46.2 Å². The second-order valence-electron chi connectivity index (χ2n) is 8.79. The highest BCUT2D eigenvalue weighted by Gasteiger charge is 2.34. The molecule has 0 spiro atoms. The van der Waals surface area contributed by atoms with Gasteiger partial charge in [-0.2, -0.15) is 0 Å². The molecule has 0 atom stereocenters. The first-order valence-corrected chi connectivity index (χ1v) is 12.3. The summed E-state index contributed by atoms with van der Waals surface area (Å²) in [5.74, 6) is -0.447. The van der Waals surface area contributed by atoms with Crippen molar-refractivity contribution < 1.29 is 9.59 Å². The van der Waals surface area contributed by atoms with Crippen molar-refractivity contribution in [3.05, 3.63) is 124 Å². The molecular formula is C30H22ClN3O2. The van der Waals surface area contributed by atoms with E-state index in [0.29, 0.717) is 35.7 Å². The van der Waals surface area contributed by atoms with Crippen LogP contribution in [0.15, 0.2) is 102 Å². The van der Waals surface area contributed by atoms with Crippen LogP contribution in [-0.2, 0) is 0 Å². The molecule has 4 aromatic rings. The van der Waals surface area contributed by atoms with Crippen molar-refractivity contribution in [3.63, 3.8) is 0 Å². The summed E-state index contributed by atoms with van der Waals surface area (Å²) in [7, 11) is 0. The Balaban J connectivity index is 1.34. The predicted molar refractivity (Wildman–Crippen MR) is 143 cm³/mol. The van der Waals surface area contributed by atoms with Gasteiger partial charge in [0.2, 0.25) is 0 Å². The molecule has 0 fully saturated rings. The first-order chi connectivity index (χ1) is 17.6. The van der Waals surface area contributed by atoms with Crippen LogP contribution >= 0.6 is 11.6 Å². The number of fused-ring (bicyclic) bond motifs is 3. The molecule has 0 bridgehead atoms. The van der Waals surface area contributed by atoms with Gasteiger partial charge in [-0.25, -0.2) is 4.99 Å². The molecule has 0 saturated carbocycles. The zero-order chi connectivity index (χ0) is 24.6. The van der Waals surface area contributed by atoms with Crippen molar-refractivity contribution in [1.29, 1.82) is 0 Å². The summed E-state index contributed by atoms with van der Waals surface area (Å²) < 4.78 is 0. The smallest absolute Gasteiger partial charge is 0.261 e. The zero-order valence-electron chi connectivity index (χ0n) is 19.4. The number of carbonyl (C=O) groups is 2. The summed E-state index contributed by atoms with van der Waals surface area (Å²) in [6.07, 6.45) is 0.612. The van der Waals surface area contributed by atoms with Crippen molar-refractivity contribution in [3.8, 4) is 0 Å². The molecule has 2 heterocycles. The number of hydrogen-bond acceptors (Lipinski definition) is 4.